The molecule has 0 aliphatic heterocycles. The lowest BCUT2D eigenvalue weighted by atomic mass is 9.74. The van der Waals surface area contributed by atoms with Crippen molar-refractivity contribution in [2.75, 3.05) is 27.7 Å². The van der Waals surface area contributed by atoms with E-state index < -0.39 is 5.60 Å². The van der Waals surface area contributed by atoms with Crippen LogP contribution in [0.2, 0.25) is 10.0 Å². The van der Waals surface area contributed by atoms with Gasteiger partial charge in [0.05, 0.1) is 7.11 Å². The second-order valence-corrected chi connectivity index (χ2v) is 8.95. The molecule has 2 aromatic carbocycles. The van der Waals surface area contributed by atoms with E-state index in [-0.39, 0.29) is 5.92 Å². The van der Waals surface area contributed by atoms with E-state index in [1.165, 1.54) is 0 Å². The van der Waals surface area contributed by atoms with Crippen molar-refractivity contribution in [2.24, 2.45) is 5.92 Å². The van der Waals surface area contributed by atoms with Crippen LogP contribution in [0.5, 0.6) is 5.75 Å². The fraction of sp³-hybridized carbons (Fsp3) is 0.417. The molecule has 0 amide bonds. The van der Waals surface area contributed by atoms with E-state index in [9.17, 15) is 5.11 Å². The summed E-state index contributed by atoms with van der Waals surface area (Å²) in [5.74, 6) is 0.832. The average Bonchev–Trinajstić information content (AvgIpc) is 2.81. The minimum Gasteiger partial charge on any atom is -0.497 e. The topological polar surface area (TPSA) is 32.7 Å². The molecule has 1 aliphatic rings. The predicted molar refractivity (Wildman–Crippen MR) is 122 cm³/mol. The van der Waals surface area contributed by atoms with Gasteiger partial charge < -0.3 is 14.7 Å². The Bertz CT molecular complexity index is 861. The molecule has 1 aliphatic carbocycles. The number of benzene rings is 2. The maximum Gasteiger partial charge on any atom is 0.119 e. The molecule has 1 fully saturated rings. The Morgan fingerprint density at radius 2 is 1.86 bits per heavy atom. The summed E-state index contributed by atoms with van der Waals surface area (Å²) in [5, 5.41) is 13.4. The van der Waals surface area contributed by atoms with Gasteiger partial charge in [0, 0.05) is 22.5 Å². The minimum absolute atomic E-state index is 0.0337. The highest BCUT2D eigenvalue weighted by atomic mass is 35.5. The van der Waals surface area contributed by atoms with Gasteiger partial charge in [0.1, 0.15) is 11.4 Å². The molecule has 1 saturated carbocycles. The van der Waals surface area contributed by atoms with Gasteiger partial charge in [0.15, 0.2) is 0 Å². The molecule has 0 aromatic heterocycles. The second kappa shape index (κ2) is 9.53. The summed E-state index contributed by atoms with van der Waals surface area (Å²) in [7, 11) is 5.75. The monoisotopic (exact) mass is 433 g/mol. The van der Waals surface area contributed by atoms with Gasteiger partial charge in [0.25, 0.3) is 0 Å². The van der Waals surface area contributed by atoms with Gasteiger partial charge in [-0.25, -0.2) is 0 Å². The number of halogens is 2. The first-order valence-electron chi connectivity index (χ1n) is 10.0. The van der Waals surface area contributed by atoms with Crippen molar-refractivity contribution in [2.45, 2.75) is 31.3 Å². The standard InChI is InChI=1S/C24H29Cl2NO2/c1-27(2)16-19-9-5-4-8-18(11-17-7-6-10-23(12-17)29-3)24(19,28)20-13-21(25)15-22(26)14-20/h6-7,10-15,19,28H,4-5,8-9,16H2,1-3H3. The summed E-state index contributed by atoms with van der Waals surface area (Å²) < 4.78 is 5.38. The lowest BCUT2D eigenvalue weighted by Gasteiger charge is -2.39. The Morgan fingerprint density at radius 1 is 1.14 bits per heavy atom. The molecule has 156 valence electrons. The van der Waals surface area contributed by atoms with Crippen LogP contribution in [0.4, 0.5) is 0 Å². The molecule has 2 unspecified atom stereocenters. The summed E-state index contributed by atoms with van der Waals surface area (Å²) in [4.78, 5) is 2.14. The van der Waals surface area contributed by atoms with Gasteiger partial charge >= 0.3 is 0 Å². The fourth-order valence-corrected chi connectivity index (χ4v) is 4.87. The Hall–Kier alpha value is -1.52. The first kappa shape index (κ1) is 22.2. The molecule has 0 bridgehead atoms. The van der Waals surface area contributed by atoms with Crippen LogP contribution in [0.1, 0.15) is 36.8 Å². The van der Waals surface area contributed by atoms with E-state index in [2.05, 4.69) is 11.0 Å². The summed E-state index contributed by atoms with van der Waals surface area (Å²) in [6, 6.07) is 13.3. The van der Waals surface area contributed by atoms with Crippen molar-refractivity contribution in [1.82, 2.24) is 4.90 Å². The van der Waals surface area contributed by atoms with Crippen LogP contribution in [0.25, 0.3) is 6.08 Å². The summed E-state index contributed by atoms with van der Waals surface area (Å²) >= 11 is 12.7. The Kier molecular flexibility index (Phi) is 7.28. The number of nitrogens with zero attached hydrogens (tertiary/aromatic N) is 1. The van der Waals surface area contributed by atoms with Crippen molar-refractivity contribution in [1.29, 1.82) is 0 Å². The van der Waals surface area contributed by atoms with Crippen molar-refractivity contribution in [3.05, 3.63) is 69.2 Å². The molecule has 29 heavy (non-hydrogen) atoms. The van der Waals surface area contributed by atoms with Crippen molar-refractivity contribution < 1.29 is 9.84 Å². The van der Waals surface area contributed by atoms with E-state index in [4.69, 9.17) is 27.9 Å². The van der Waals surface area contributed by atoms with Crippen molar-refractivity contribution in [3.63, 3.8) is 0 Å². The zero-order valence-corrected chi connectivity index (χ0v) is 18.8. The zero-order chi connectivity index (χ0) is 21.0. The van der Waals surface area contributed by atoms with Crippen LogP contribution in [-0.2, 0) is 5.60 Å². The lowest BCUT2D eigenvalue weighted by molar-refractivity contribution is 0.000496. The number of hydrogen-bond donors (Lipinski definition) is 1. The molecule has 0 saturated heterocycles. The Labute approximate surface area is 183 Å². The first-order valence-corrected chi connectivity index (χ1v) is 10.8. The Morgan fingerprint density at radius 3 is 2.52 bits per heavy atom. The molecule has 1 N–H and O–H groups in total. The third kappa shape index (κ3) is 5.16. The highest BCUT2D eigenvalue weighted by molar-refractivity contribution is 6.34. The quantitative estimate of drug-likeness (QED) is 0.584. The van der Waals surface area contributed by atoms with Gasteiger partial charge in [-0.15, -0.1) is 0 Å². The second-order valence-electron chi connectivity index (χ2n) is 8.08. The molecule has 2 aromatic rings. The van der Waals surface area contributed by atoms with Crippen molar-refractivity contribution >= 4 is 29.3 Å². The average molecular weight is 434 g/mol. The normalized spacial score (nSPS) is 24.0. The van der Waals surface area contributed by atoms with E-state index in [0.717, 1.165) is 54.7 Å². The summed E-state index contributed by atoms with van der Waals surface area (Å²) in [6.07, 6.45) is 5.97. The van der Waals surface area contributed by atoms with E-state index in [0.29, 0.717) is 10.0 Å². The van der Waals surface area contributed by atoms with Crippen LogP contribution in [0, 0.1) is 5.92 Å². The lowest BCUT2D eigenvalue weighted by Crippen LogP contribution is -2.41. The maximum atomic E-state index is 12.3. The molecule has 2 atom stereocenters. The van der Waals surface area contributed by atoms with Gasteiger partial charge in [-0.3, -0.25) is 0 Å². The van der Waals surface area contributed by atoms with Crippen LogP contribution >= 0.6 is 23.2 Å². The zero-order valence-electron chi connectivity index (χ0n) is 17.3. The smallest absolute Gasteiger partial charge is 0.119 e. The molecule has 3 rings (SSSR count). The molecular weight excluding hydrogens is 405 g/mol. The number of aliphatic hydroxyl groups is 1. The summed E-state index contributed by atoms with van der Waals surface area (Å²) in [6.45, 7) is 0.774. The molecule has 3 nitrogen and oxygen atoms in total. The third-order valence-corrected chi connectivity index (χ3v) is 6.09. The third-order valence-electron chi connectivity index (χ3n) is 5.65. The Balaban J connectivity index is 2.17. The van der Waals surface area contributed by atoms with Crippen LogP contribution < -0.4 is 4.74 Å². The van der Waals surface area contributed by atoms with Gasteiger partial charge in [-0.2, -0.15) is 0 Å². The van der Waals surface area contributed by atoms with Gasteiger partial charge in [-0.05, 0) is 80.4 Å². The maximum absolute atomic E-state index is 12.3. The van der Waals surface area contributed by atoms with Gasteiger partial charge in [-0.1, -0.05) is 47.8 Å². The molecular formula is C24H29Cl2NO2. The van der Waals surface area contributed by atoms with E-state index in [1.807, 2.05) is 50.5 Å². The number of rotatable bonds is 5. The predicted octanol–water partition coefficient (Wildman–Crippen LogP) is 6.03. The van der Waals surface area contributed by atoms with E-state index >= 15 is 0 Å². The highest BCUT2D eigenvalue weighted by Crippen LogP contribution is 2.46. The minimum atomic E-state index is -1.14. The number of ether oxygens (including phenoxy) is 1. The summed E-state index contributed by atoms with van der Waals surface area (Å²) in [5.41, 5.74) is 1.63. The van der Waals surface area contributed by atoms with Crippen molar-refractivity contribution in [3.8, 4) is 5.75 Å². The first-order chi connectivity index (χ1) is 13.8. The highest BCUT2D eigenvalue weighted by Gasteiger charge is 2.43. The molecule has 0 spiro atoms. The number of methoxy groups -OCH3 is 1. The fourth-order valence-electron chi connectivity index (χ4n) is 4.34. The SMILES string of the molecule is COc1cccc(C=C2CCCCC(CN(C)C)C2(O)c2cc(Cl)cc(Cl)c2)c1. The molecule has 0 radical (unpaired) electrons. The van der Waals surface area contributed by atoms with E-state index in [1.54, 1.807) is 13.2 Å². The van der Waals surface area contributed by atoms with Crippen LogP contribution in [-0.4, -0.2) is 37.8 Å². The van der Waals surface area contributed by atoms with Crippen LogP contribution in [0.3, 0.4) is 0 Å². The van der Waals surface area contributed by atoms with Crippen LogP contribution in [0.15, 0.2) is 48.0 Å². The molecule has 5 heteroatoms. The van der Waals surface area contributed by atoms with Gasteiger partial charge in [0.2, 0.25) is 0 Å². The number of hydrogen-bond acceptors (Lipinski definition) is 3. The molecule has 0 heterocycles. The largest absolute Gasteiger partial charge is 0.497 e.